The second-order valence-electron chi connectivity index (χ2n) is 5.22. The molecule has 112 valence electrons. The van der Waals surface area contributed by atoms with Crippen molar-refractivity contribution in [1.29, 1.82) is 0 Å². The number of carboxylic acids is 1. The topological polar surface area (TPSA) is 66.0 Å². The van der Waals surface area contributed by atoms with E-state index in [1.807, 2.05) is 29.9 Å². The van der Waals surface area contributed by atoms with Crippen molar-refractivity contribution in [2.24, 2.45) is 0 Å². The molecule has 0 radical (unpaired) electrons. The summed E-state index contributed by atoms with van der Waals surface area (Å²) in [7, 11) is 0. The van der Waals surface area contributed by atoms with Gasteiger partial charge in [-0.2, -0.15) is 11.3 Å². The summed E-state index contributed by atoms with van der Waals surface area (Å²) < 4.78 is 0. The van der Waals surface area contributed by atoms with Gasteiger partial charge in [0.2, 0.25) is 0 Å². The number of hydrogen-bond acceptors (Lipinski definition) is 3. The highest BCUT2D eigenvalue weighted by Crippen LogP contribution is 2.31. The van der Waals surface area contributed by atoms with Gasteiger partial charge in [-0.05, 0) is 46.2 Å². The number of nitrogens with one attached hydrogen (secondary N) is 1. The zero-order chi connectivity index (χ0) is 15.8. The van der Waals surface area contributed by atoms with E-state index < -0.39 is 5.97 Å². The molecular formula is C18H12N2O2S. The molecule has 2 N–H and O–H groups in total. The van der Waals surface area contributed by atoms with Crippen molar-refractivity contribution in [3.63, 3.8) is 0 Å². The van der Waals surface area contributed by atoms with Gasteiger partial charge in [0.15, 0.2) is 0 Å². The number of fused-ring (bicyclic) bond motifs is 1. The van der Waals surface area contributed by atoms with Gasteiger partial charge in [0.05, 0.1) is 5.56 Å². The lowest BCUT2D eigenvalue weighted by Crippen LogP contribution is -1.94. The first-order valence-corrected chi connectivity index (χ1v) is 8.00. The van der Waals surface area contributed by atoms with Crippen LogP contribution in [0.4, 0.5) is 0 Å². The van der Waals surface area contributed by atoms with Crippen LogP contribution in [0, 0.1) is 0 Å². The van der Waals surface area contributed by atoms with Gasteiger partial charge in [0, 0.05) is 28.9 Å². The smallest absolute Gasteiger partial charge is 0.335 e. The zero-order valence-electron chi connectivity index (χ0n) is 12.0. The van der Waals surface area contributed by atoms with Crippen LogP contribution < -0.4 is 0 Å². The van der Waals surface area contributed by atoms with E-state index in [9.17, 15) is 4.79 Å². The molecule has 0 atom stereocenters. The molecule has 0 saturated heterocycles. The maximum Gasteiger partial charge on any atom is 0.335 e. The third-order valence-electron chi connectivity index (χ3n) is 3.83. The second kappa shape index (κ2) is 5.37. The van der Waals surface area contributed by atoms with Crippen LogP contribution in [0.3, 0.4) is 0 Å². The van der Waals surface area contributed by atoms with E-state index >= 15 is 0 Å². The largest absolute Gasteiger partial charge is 0.478 e. The highest BCUT2D eigenvalue weighted by atomic mass is 32.1. The molecule has 3 heterocycles. The normalized spacial score (nSPS) is 11.0. The Balaban J connectivity index is 1.83. The Morgan fingerprint density at radius 1 is 1.09 bits per heavy atom. The molecule has 0 saturated carbocycles. The minimum absolute atomic E-state index is 0.283. The molecule has 0 unspecified atom stereocenters. The molecule has 0 fully saturated rings. The number of aromatic carboxylic acids is 1. The van der Waals surface area contributed by atoms with E-state index in [0.717, 1.165) is 33.3 Å². The van der Waals surface area contributed by atoms with E-state index in [2.05, 4.69) is 27.5 Å². The van der Waals surface area contributed by atoms with Crippen LogP contribution in [-0.2, 0) is 0 Å². The van der Waals surface area contributed by atoms with Crippen LogP contribution in [0.5, 0.6) is 0 Å². The molecule has 0 aliphatic heterocycles. The van der Waals surface area contributed by atoms with E-state index in [-0.39, 0.29) is 5.56 Å². The minimum atomic E-state index is -0.920. The molecule has 4 rings (SSSR count). The van der Waals surface area contributed by atoms with Gasteiger partial charge in [-0.25, -0.2) is 9.78 Å². The fraction of sp³-hybridized carbons (Fsp3) is 0. The maximum absolute atomic E-state index is 11.0. The van der Waals surface area contributed by atoms with Gasteiger partial charge in [-0.15, -0.1) is 0 Å². The molecule has 1 aromatic carbocycles. The number of pyridine rings is 1. The second-order valence-corrected chi connectivity index (χ2v) is 6.00. The predicted octanol–water partition coefficient (Wildman–Crippen LogP) is 4.66. The average Bonchev–Trinajstić information content (AvgIpc) is 3.24. The fourth-order valence-corrected chi connectivity index (χ4v) is 3.29. The Morgan fingerprint density at radius 2 is 1.91 bits per heavy atom. The zero-order valence-corrected chi connectivity index (χ0v) is 12.8. The summed E-state index contributed by atoms with van der Waals surface area (Å²) in [6.45, 7) is 0. The summed E-state index contributed by atoms with van der Waals surface area (Å²) in [5, 5.41) is 14.2. The summed E-state index contributed by atoms with van der Waals surface area (Å²) in [6.07, 6.45) is 3.77. The molecule has 5 heteroatoms. The number of thiophene rings is 1. The maximum atomic E-state index is 11.0. The molecule has 4 nitrogen and oxygen atoms in total. The summed E-state index contributed by atoms with van der Waals surface area (Å²) in [6, 6.07) is 11.1. The Hall–Kier alpha value is -2.92. The highest BCUT2D eigenvalue weighted by molar-refractivity contribution is 7.08. The quantitative estimate of drug-likeness (QED) is 0.577. The first-order valence-electron chi connectivity index (χ1n) is 7.06. The van der Waals surface area contributed by atoms with Gasteiger partial charge < -0.3 is 10.1 Å². The van der Waals surface area contributed by atoms with E-state index in [4.69, 9.17) is 5.11 Å². The minimum Gasteiger partial charge on any atom is -0.478 e. The summed E-state index contributed by atoms with van der Waals surface area (Å²) in [4.78, 5) is 18.6. The predicted molar refractivity (Wildman–Crippen MR) is 91.8 cm³/mol. The lowest BCUT2D eigenvalue weighted by Gasteiger charge is -2.02. The number of benzene rings is 1. The third-order valence-corrected chi connectivity index (χ3v) is 4.51. The molecule has 0 bridgehead atoms. The Morgan fingerprint density at radius 3 is 2.61 bits per heavy atom. The van der Waals surface area contributed by atoms with Crippen molar-refractivity contribution in [3.8, 4) is 22.3 Å². The Labute approximate surface area is 136 Å². The lowest BCUT2D eigenvalue weighted by atomic mass is 10.0. The number of nitrogens with zero attached hydrogens (tertiary/aromatic N) is 1. The van der Waals surface area contributed by atoms with Gasteiger partial charge in [-0.1, -0.05) is 12.1 Å². The summed E-state index contributed by atoms with van der Waals surface area (Å²) in [5.74, 6) is -0.920. The number of hydrogen-bond donors (Lipinski definition) is 2. The molecule has 23 heavy (non-hydrogen) atoms. The number of carboxylic acid groups (broad SMARTS) is 1. The lowest BCUT2D eigenvalue weighted by molar-refractivity contribution is 0.0697. The molecule has 0 aliphatic carbocycles. The van der Waals surface area contributed by atoms with E-state index in [1.165, 1.54) is 0 Å². The summed E-state index contributed by atoms with van der Waals surface area (Å²) >= 11 is 1.66. The van der Waals surface area contributed by atoms with Crippen LogP contribution in [0.15, 0.2) is 59.6 Å². The molecule has 0 amide bonds. The highest BCUT2D eigenvalue weighted by Gasteiger charge is 2.10. The van der Waals surface area contributed by atoms with Crippen molar-refractivity contribution < 1.29 is 9.90 Å². The first kappa shape index (κ1) is 13.7. The molecule has 0 spiro atoms. The fourth-order valence-electron chi connectivity index (χ4n) is 2.62. The van der Waals surface area contributed by atoms with Crippen LogP contribution >= 0.6 is 11.3 Å². The first-order chi connectivity index (χ1) is 11.2. The van der Waals surface area contributed by atoms with Gasteiger partial charge in [-0.3, -0.25) is 0 Å². The third kappa shape index (κ3) is 2.41. The number of H-pyrrole nitrogens is 1. The van der Waals surface area contributed by atoms with E-state index in [1.54, 1.807) is 23.5 Å². The average molecular weight is 320 g/mol. The SMILES string of the molecule is O=C(O)c1ccc(-c2c[nH]c3ncc(-c4ccsc4)cc23)cc1. The van der Waals surface area contributed by atoms with Gasteiger partial charge in [0.1, 0.15) is 5.65 Å². The van der Waals surface area contributed by atoms with Crippen LogP contribution in [0.2, 0.25) is 0 Å². The Kier molecular flexibility index (Phi) is 3.20. The molecular weight excluding hydrogens is 308 g/mol. The number of rotatable bonds is 3. The van der Waals surface area contributed by atoms with Crippen molar-refractivity contribution >= 4 is 28.3 Å². The number of aromatic amines is 1. The van der Waals surface area contributed by atoms with Crippen molar-refractivity contribution in [3.05, 3.63) is 65.1 Å². The number of aromatic nitrogens is 2. The number of carbonyl (C=O) groups is 1. The summed E-state index contributed by atoms with van der Waals surface area (Å²) in [5.41, 5.74) is 5.30. The van der Waals surface area contributed by atoms with Crippen molar-refractivity contribution in [2.45, 2.75) is 0 Å². The van der Waals surface area contributed by atoms with Crippen molar-refractivity contribution in [1.82, 2.24) is 9.97 Å². The van der Waals surface area contributed by atoms with Crippen LogP contribution in [-0.4, -0.2) is 21.0 Å². The van der Waals surface area contributed by atoms with Crippen molar-refractivity contribution in [2.75, 3.05) is 0 Å². The monoisotopic (exact) mass is 320 g/mol. The Bertz CT molecular complexity index is 986. The molecule has 4 aromatic rings. The van der Waals surface area contributed by atoms with Gasteiger partial charge in [0.25, 0.3) is 0 Å². The van der Waals surface area contributed by atoms with Crippen LogP contribution in [0.1, 0.15) is 10.4 Å². The molecule has 0 aliphatic rings. The van der Waals surface area contributed by atoms with E-state index in [0.29, 0.717) is 0 Å². The van der Waals surface area contributed by atoms with Crippen LogP contribution in [0.25, 0.3) is 33.3 Å². The van der Waals surface area contributed by atoms with Gasteiger partial charge >= 0.3 is 5.97 Å². The molecule has 3 aromatic heterocycles. The standard InChI is InChI=1S/C18H12N2O2S/c21-18(22)12-3-1-11(2-4-12)16-9-20-17-15(16)7-14(8-19-17)13-5-6-23-10-13/h1-10H,(H,19,20)(H,21,22).